The maximum atomic E-state index is 11.5. The SMILES string of the molecule is COC(=O)[C@@](C)(C#N)[C@@H](O)c1ccccc1. The summed E-state index contributed by atoms with van der Waals surface area (Å²) in [6.07, 6.45) is -1.20. The van der Waals surface area contributed by atoms with Gasteiger partial charge >= 0.3 is 5.97 Å². The summed E-state index contributed by atoms with van der Waals surface area (Å²) >= 11 is 0. The summed E-state index contributed by atoms with van der Waals surface area (Å²) < 4.78 is 4.53. The van der Waals surface area contributed by atoms with Crippen LogP contribution in [-0.2, 0) is 9.53 Å². The number of nitriles is 1. The molecule has 0 aromatic heterocycles. The Morgan fingerprint density at radius 3 is 2.50 bits per heavy atom. The minimum Gasteiger partial charge on any atom is -0.468 e. The van der Waals surface area contributed by atoms with Crippen molar-refractivity contribution < 1.29 is 14.6 Å². The standard InChI is InChI=1S/C12H13NO3/c1-12(8-13,11(15)16-2)10(14)9-6-4-3-5-7-9/h3-7,10,14H,1-2H3/t10-,12-/m0/s1. The summed E-state index contributed by atoms with van der Waals surface area (Å²) in [5.41, 5.74) is -1.08. The lowest BCUT2D eigenvalue weighted by atomic mass is 9.82. The van der Waals surface area contributed by atoms with Gasteiger partial charge in [-0.3, -0.25) is 4.79 Å². The van der Waals surface area contributed by atoms with Crippen LogP contribution in [0.1, 0.15) is 18.6 Å². The predicted octanol–water partition coefficient (Wildman–Crippen LogP) is 1.42. The molecular weight excluding hydrogens is 206 g/mol. The zero-order valence-electron chi connectivity index (χ0n) is 9.18. The lowest BCUT2D eigenvalue weighted by Crippen LogP contribution is -2.34. The first-order chi connectivity index (χ1) is 7.56. The predicted molar refractivity (Wildman–Crippen MR) is 57.1 cm³/mol. The first-order valence-corrected chi connectivity index (χ1v) is 4.79. The van der Waals surface area contributed by atoms with Gasteiger partial charge in [0.1, 0.15) is 6.10 Å². The molecule has 1 aromatic rings. The Kier molecular flexibility index (Phi) is 3.64. The Bertz CT molecular complexity index is 410. The highest BCUT2D eigenvalue weighted by molar-refractivity contribution is 5.80. The van der Waals surface area contributed by atoms with E-state index in [-0.39, 0.29) is 0 Å². The van der Waals surface area contributed by atoms with Crippen LogP contribution < -0.4 is 0 Å². The van der Waals surface area contributed by atoms with Gasteiger partial charge in [-0.1, -0.05) is 30.3 Å². The maximum Gasteiger partial charge on any atom is 0.329 e. The molecule has 1 aromatic carbocycles. The van der Waals surface area contributed by atoms with Gasteiger partial charge in [0.05, 0.1) is 13.2 Å². The van der Waals surface area contributed by atoms with Crippen LogP contribution in [0.25, 0.3) is 0 Å². The summed E-state index contributed by atoms with van der Waals surface area (Å²) in [5.74, 6) is -0.744. The molecule has 0 bridgehead atoms. The van der Waals surface area contributed by atoms with Crippen molar-refractivity contribution in [2.75, 3.05) is 7.11 Å². The van der Waals surface area contributed by atoms with E-state index in [4.69, 9.17) is 5.26 Å². The van der Waals surface area contributed by atoms with E-state index in [1.807, 2.05) is 0 Å². The minimum atomic E-state index is -1.59. The van der Waals surface area contributed by atoms with E-state index in [9.17, 15) is 9.90 Å². The highest BCUT2D eigenvalue weighted by Gasteiger charge is 2.43. The number of nitrogens with zero attached hydrogens (tertiary/aromatic N) is 1. The second-order valence-corrected chi connectivity index (χ2v) is 3.62. The van der Waals surface area contributed by atoms with Gasteiger partial charge in [0.25, 0.3) is 0 Å². The third-order valence-electron chi connectivity index (χ3n) is 2.50. The van der Waals surface area contributed by atoms with Gasteiger partial charge in [-0.2, -0.15) is 5.26 Å². The Labute approximate surface area is 94.1 Å². The Balaban J connectivity index is 3.08. The smallest absolute Gasteiger partial charge is 0.329 e. The number of carbonyl (C=O) groups excluding carboxylic acids is 1. The molecule has 0 heterocycles. The fourth-order valence-corrected chi connectivity index (χ4v) is 1.40. The molecular formula is C12H13NO3. The molecule has 0 aliphatic heterocycles. The van der Waals surface area contributed by atoms with Crippen molar-refractivity contribution in [3.63, 3.8) is 0 Å². The average molecular weight is 219 g/mol. The number of benzene rings is 1. The van der Waals surface area contributed by atoms with Crippen molar-refractivity contribution in [1.82, 2.24) is 0 Å². The lowest BCUT2D eigenvalue weighted by Gasteiger charge is -2.24. The molecule has 0 saturated heterocycles. The Morgan fingerprint density at radius 2 is 2.06 bits per heavy atom. The van der Waals surface area contributed by atoms with Crippen LogP contribution >= 0.6 is 0 Å². The summed E-state index contributed by atoms with van der Waals surface area (Å²) in [4.78, 5) is 11.5. The highest BCUT2D eigenvalue weighted by atomic mass is 16.5. The molecule has 0 spiro atoms. The molecule has 4 heteroatoms. The normalized spacial score (nSPS) is 15.6. The van der Waals surface area contributed by atoms with Crippen LogP contribution in [0, 0.1) is 16.7 Å². The molecule has 4 nitrogen and oxygen atoms in total. The molecule has 1 rings (SSSR count). The number of hydrogen-bond acceptors (Lipinski definition) is 4. The van der Waals surface area contributed by atoms with E-state index < -0.39 is 17.5 Å². The second kappa shape index (κ2) is 4.77. The second-order valence-electron chi connectivity index (χ2n) is 3.62. The first-order valence-electron chi connectivity index (χ1n) is 4.79. The first kappa shape index (κ1) is 12.2. The van der Waals surface area contributed by atoms with Crippen LogP contribution in [-0.4, -0.2) is 18.2 Å². The van der Waals surface area contributed by atoms with Crippen molar-refractivity contribution in [1.29, 1.82) is 5.26 Å². The van der Waals surface area contributed by atoms with E-state index in [0.717, 1.165) is 0 Å². The van der Waals surface area contributed by atoms with Gasteiger partial charge in [-0.25, -0.2) is 0 Å². The van der Waals surface area contributed by atoms with Gasteiger partial charge in [-0.05, 0) is 12.5 Å². The van der Waals surface area contributed by atoms with E-state index >= 15 is 0 Å². The lowest BCUT2D eigenvalue weighted by molar-refractivity contribution is -0.154. The summed E-state index contributed by atoms with van der Waals surface area (Å²) in [6, 6.07) is 10.4. The van der Waals surface area contributed by atoms with Gasteiger partial charge in [0, 0.05) is 0 Å². The highest BCUT2D eigenvalue weighted by Crippen LogP contribution is 2.34. The largest absolute Gasteiger partial charge is 0.468 e. The van der Waals surface area contributed by atoms with Crippen molar-refractivity contribution in [2.45, 2.75) is 13.0 Å². The fourth-order valence-electron chi connectivity index (χ4n) is 1.40. The minimum absolute atomic E-state index is 0.511. The maximum absolute atomic E-state index is 11.5. The summed E-state index contributed by atoms with van der Waals surface area (Å²) in [5, 5.41) is 19.0. The van der Waals surface area contributed by atoms with Crippen LogP contribution in [0.3, 0.4) is 0 Å². The van der Waals surface area contributed by atoms with Crippen LogP contribution in [0.15, 0.2) is 30.3 Å². The van der Waals surface area contributed by atoms with Gasteiger partial charge in [-0.15, -0.1) is 0 Å². The summed E-state index contributed by atoms with van der Waals surface area (Å²) in [7, 11) is 1.19. The number of aliphatic hydroxyl groups is 1. The quantitative estimate of drug-likeness (QED) is 0.780. The Hall–Kier alpha value is -1.86. The third kappa shape index (κ3) is 2.05. The molecule has 84 valence electrons. The zero-order chi connectivity index (χ0) is 12.2. The van der Waals surface area contributed by atoms with E-state index in [1.165, 1.54) is 14.0 Å². The van der Waals surface area contributed by atoms with E-state index in [1.54, 1.807) is 36.4 Å². The fraction of sp³-hybridized carbons (Fsp3) is 0.333. The Morgan fingerprint density at radius 1 is 1.50 bits per heavy atom. The number of carbonyl (C=O) groups is 1. The molecule has 16 heavy (non-hydrogen) atoms. The molecule has 0 aliphatic rings. The van der Waals surface area contributed by atoms with Crippen molar-refractivity contribution in [3.05, 3.63) is 35.9 Å². The van der Waals surface area contributed by atoms with Crippen molar-refractivity contribution in [2.24, 2.45) is 5.41 Å². The van der Waals surface area contributed by atoms with Gasteiger partial charge < -0.3 is 9.84 Å². The molecule has 0 saturated carbocycles. The van der Waals surface area contributed by atoms with Gasteiger partial charge in [0.2, 0.25) is 0 Å². The molecule has 0 fully saturated rings. The van der Waals surface area contributed by atoms with Gasteiger partial charge in [0.15, 0.2) is 5.41 Å². The third-order valence-corrected chi connectivity index (χ3v) is 2.50. The molecule has 0 radical (unpaired) electrons. The molecule has 0 unspecified atom stereocenters. The zero-order valence-corrected chi connectivity index (χ0v) is 9.18. The van der Waals surface area contributed by atoms with Crippen LogP contribution in [0.2, 0.25) is 0 Å². The van der Waals surface area contributed by atoms with Crippen molar-refractivity contribution in [3.8, 4) is 6.07 Å². The van der Waals surface area contributed by atoms with Crippen LogP contribution in [0.4, 0.5) is 0 Å². The monoisotopic (exact) mass is 219 g/mol. The molecule has 2 atom stereocenters. The molecule has 1 N–H and O–H groups in total. The number of hydrogen-bond donors (Lipinski definition) is 1. The number of esters is 1. The topological polar surface area (TPSA) is 70.3 Å². The number of methoxy groups -OCH3 is 1. The van der Waals surface area contributed by atoms with E-state index in [2.05, 4.69) is 4.74 Å². The number of aliphatic hydroxyl groups excluding tert-OH is 1. The number of rotatable bonds is 3. The van der Waals surface area contributed by atoms with Crippen molar-refractivity contribution >= 4 is 5.97 Å². The molecule has 0 aliphatic carbocycles. The van der Waals surface area contributed by atoms with E-state index in [0.29, 0.717) is 5.56 Å². The average Bonchev–Trinajstić information content (AvgIpc) is 2.36. The summed E-state index contributed by atoms with van der Waals surface area (Å²) in [6.45, 7) is 1.36. The number of ether oxygens (including phenoxy) is 1. The van der Waals surface area contributed by atoms with Crippen LogP contribution in [0.5, 0.6) is 0 Å². The molecule has 0 amide bonds.